The number of nitriles is 2. The smallest absolute Gasteiger partial charge is 0.167 e. The first-order chi connectivity index (χ1) is 12.4. The highest BCUT2D eigenvalue weighted by Crippen LogP contribution is 2.40. The maximum atomic E-state index is 14.9. The van der Waals surface area contributed by atoms with Gasteiger partial charge in [-0.25, -0.2) is 8.78 Å². The Morgan fingerprint density at radius 3 is 2.15 bits per heavy atom. The maximum absolute atomic E-state index is 14.9. The number of benzene rings is 2. The number of anilines is 2. The van der Waals surface area contributed by atoms with Crippen molar-refractivity contribution < 1.29 is 13.5 Å². The molecule has 134 valence electrons. The van der Waals surface area contributed by atoms with Crippen molar-refractivity contribution in [2.45, 2.75) is 30.9 Å². The van der Waals surface area contributed by atoms with Crippen LogP contribution in [-0.2, 0) is 0 Å². The summed E-state index contributed by atoms with van der Waals surface area (Å²) in [5.74, 6) is -1.18. The van der Waals surface area contributed by atoms with Crippen molar-refractivity contribution in [3.05, 3.63) is 47.0 Å². The molecule has 1 N–H and O–H groups in total. The van der Waals surface area contributed by atoms with E-state index in [0.29, 0.717) is 18.0 Å². The molecule has 0 radical (unpaired) electrons. The van der Waals surface area contributed by atoms with Crippen LogP contribution in [0.2, 0.25) is 0 Å². The van der Waals surface area contributed by atoms with E-state index in [4.69, 9.17) is 15.3 Å². The predicted molar refractivity (Wildman–Crippen MR) is 97.7 cm³/mol. The first-order valence-corrected chi connectivity index (χ1v) is 8.82. The van der Waals surface area contributed by atoms with Crippen LogP contribution >= 0.6 is 11.8 Å². The van der Waals surface area contributed by atoms with E-state index in [-0.39, 0.29) is 15.8 Å². The minimum atomic E-state index is -0.942. The summed E-state index contributed by atoms with van der Waals surface area (Å²) in [4.78, 5) is -0.0260. The summed E-state index contributed by atoms with van der Waals surface area (Å²) in [6.45, 7) is 6.03. The summed E-state index contributed by atoms with van der Waals surface area (Å²) in [6.07, 6.45) is 0. The van der Waals surface area contributed by atoms with E-state index in [1.54, 1.807) is 36.4 Å². The van der Waals surface area contributed by atoms with Crippen molar-refractivity contribution >= 4 is 23.1 Å². The molecule has 2 aromatic rings. The molecule has 26 heavy (non-hydrogen) atoms. The van der Waals surface area contributed by atoms with Gasteiger partial charge in [-0.05, 0) is 31.2 Å². The topological polar surface area (TPSA) is 68.8 Å². The molecule has 0 spiro atoms. The van der Waals surface area contributed by atoms with Crippen molar-refractivity contribution in [2.24, 2.45) is 0 Å². The third-order valence-corrected chi connectivity index (χ3v) is 4.44. The average Bonchev–Trinajstić information content (AvgIpc) is 2.62. The molecule has 0 unspecified atom stereocenters. The van der Waals surface area contributed by atoms with Crippen molar-refractivity contribution in [2.75, 3.05) is 11.9 Å². The van der Waals surface area contributed by atoms with Crippen LogP contribution in [0.25, 0.3) is 0 Å². The number of rotatable bonds is 6. The standard InChI is InChI=1S/C19H17F2N3OS/c1-4-25-13-7-5-12(6-8-13)24-18-16(20)14(9-22)15(10-23)17(21)19(18)26-11(2)3/h5-8,11,24H,4H2,1-3H3. The summed E-state index contributed by atoms with van der Waals surface area (Å²) in [6, 6.07) is 9.89. The third-order valence-electron chi connectivity index (χ3n) is 3.35. The van der Waals surface area contributed by atoms with Gasteiger partial charge >= 0.3 is 0 Å². The SMILES string of the molecule is CCOc1ccc(Nc2c(F)c(C#N)c(C#N)c(F)c2SC(C)C)cc1. The molecule has 0 fully saturated rings. The molecule has 0 saturated carbocycles. The zero-order chi connectivity index (χ0) is 19.3. The van der Waals surface area contributed by atoms with E-state index in [9.17, 15) is 8.78 Å². The highest BCUT2D eigenvalue weighted by Gasteiger charge is 2.26. The summed E-state index contributed by atoms with van der Waals surface area (Å²) in [5, 5.41) is 21.1. The van der Waals surface area contributed by atoms with Gasteiger partial charge in [0.15, 0.2) is 11.6 Å². The lowest BCUT2D eigenvalue weighted by Crippen LogP contribution is -2.06. The van der Waals surface area contributed by atoms with E-state index in [1.807, 2.05) is 20.8 Å². The van der Waals surface area contributed by atoms with E-state index in [2.05, 4.69) is 5.32 Å². The lowest BCUT2D eigenvalue weighted by Gasteiger charge is -2.17. The van der Waals surface area contributed by atoms with Crippen molar-refractivity contribution in [3.8, 4) is 17.9 Å². The molecule has 0 saturated heterocycles. The highest BCUT2D eigenvalue weighted by atomic mass is 32.2. The van der Waals surface area contributed by atoms with Gasteiger partial charge in [-0.3, -0.25) is 0 Å². The second-order valence-corrected chi connectivity index (χ2v) is 7.14. The Kier molecular flexibility index (Phi) is 6.43. The Labute approximate surface area is 155 Å². The Morgan fingerprint density at radius 2 is 1.65 bits per heavy atom. The van der Waals surface area contributed by atoms with E-state index in [1.165, 1.54) is 0 Å². The number of hydrogen-bond acceptors (Lipinski definition) is 5. The number of nitrogens with zero attached hydrogens (tertiary/aromatic N) is 2. The molecule has 2 aromatic carbocycles. The van der Waals surface area contributed by atoms with Crippen LogP contribution in [0, 0.1) is 34.3 Å². The molecule has 0 heterocycles. The molecule has 7 heteroatoms. The Balaban J connectivity index is 2.57. The van der Waals surface area contributed by atoms with Gasteiger partial charge in [-0.15, -0.1) is 11.8 Å². The zero-order valence-electron chi connectivity index (χ0n) is 14.6. The third kappa shape index (κ3) is 4.07. The molecule has 0 amide bonds. The maximum Gasteiger partial charge on any atom is 0.167 e. The Hall–Kier alpha value is -2.77. The van der Waals surface area contributed by atoms with E-state index in [0.717, 1.165) is 11.8 Å². The van der Waals surface area contributed by atoms with Crippen molar-refractivity contribution in [1.29, 1.82) is 10.5 Å². The Morgan fingerprint density at radius 1 is 1.08 bits per heavy atom. The van der Waals surface area contributed by atoms with Crippen LogP contribution in [-0.4, -0.2) is 11.9 Å². The molecule has 0 aliphatic rings. The number of halogens is 2. The number of hydrogen-bond donors (Lipinski definition) is 1. The first kappa shape index (κ1) is 19.6. The fraction of sp³-hybridized carbons (Fsp3) is 0.263. The van der Waals surface area contributed by atoms with Crippen LogP contribution in [0.3, 0.4) is 0 Å². The van der Waals surface area contributed by atoms with Gasteiger partial charge in [0, 0.05) is 10.9 Å². The molecule has 4 nitrogen and oxygen atoms in total. The number of nitrogens with one attached hydrogen (secondary N) is 1. The fourth-order valence-corrected chi connectivity index (χ4v) is 3.22. The summed E-state index contributed by atoms with van der Waals surface area (Å²) < 4.78 is 35.0. The summed E-state index contributed by atoms with van der Waals surface area (Å²) >= 11 is 1.08. The van der Waals surface area contributed by atoms with E-state index < -0.39 is 22.8 Å². The molecule has 0 aromatic heterocycles. The molecule has 0 aliphatic heterocycles. The van der Waals surface area contributed by atoms with Crippen LogP contribution in [0.15, 0.2) is 29.2 Å². The predicted octanol–water partition coefficient (Wildman–Crippen LogP) is 5.35. The van der Waals surface area contributed by atoms with Gasteiger partial charge in [0.25, 0.3) is 0 Å². The lowest BCUT2D eigenvalue weighted by atomic mass is 10.1. The second kappa shape index (κ2) is 8.55. The highest BCUT2D eigenvalue weighted by molar-refractivity contribution is 8.00. The molecule has 0 atom stereocenters. The zero-order valence-corrected chi connectivity index (χ0v) is 15.4. The van der Waals surface area contributed by atoms with Gasteiger partial charge in [0.2, 0.25) is 0 Å². The minimum absolute atomic E-state index is 0.0260. The molecular weight excluding hydrogens is 356 g/mol. The fourth-order valence-electron chi connectivity index (χ4n) is 2.28. The molecule has 0 bridgehead atoms. The largest absolute Gasteiger partial charge is 0.494 e. The monoisotopic (exact) mass is 373 g/mol. The van der Waals surface area contributed by atoms with Crippen LogP contribution in [0.5, 0.6) is 5.75 Å². The molecule has 2 rings (SSSR count). The lowest BCUT2D eigenvalue weighted by molar-refractivity contribution is 0.340. The summed E-state index contributed by atoms with van der Waals surface area (Å²) in [5.41, 5.74) is -0.830. The van der Waals surface area contributed by atoms with Crippen LogP contribution < -0.4 is 10.1 Å². The van der Waals surface area contributed by atoms with Gasteiger partial charge in [-0.1, -0.05) is 13.8 Å². The Bertz CT molecular complexity index is 884. The van der Waals surface area contributed by atoms with Gasteiger partial charge in [0.1, 0.15) is 29.0 Å². The minimum Gasteiger partial charge on any atom is -0.494 e. The van der Waals surface area contributed by atoms with Gasteiger partial charge in [-0.2, -0.15) is 10.5 Å². The van der Waals surface area contributed by atoms with Crippen LogP contribution in [0.4, 0.5) is 20.2 Å². The second-order valence-electron chi connectivity index (χ2n) is 5.55. The first-order valence-electron chi connectivity index (χ1n) is 7.94. The van der Waals surface area contributed by atoms with Crippen molar-refractivity contribution in [3.63, 3.8) is 0 Å². The number of thioether (sulfide) groups is 1. The van der Waals surface area contributed by atoms with Gasteiger partial charge in [0.05, 0.1) is 17.2 Å². The van der Waals surface area contributed by atoms with E-state index >= 15 is 0 Å². The van der Waals surface area contributed by atoms with Crippen LogP contribution in [0.1, 0.15) is 31.9 Å². The normalized spacial score (nSPS) is 10.3. The average molecular weight is 373 g/mol. The van der Waals surface area contributed by atoms with Crippen molar-refractivity contribution in [1.82, 2.24) is 0 Å². The quantitative estimate of drug-likeness (QED) is 0.691. The summed E-state index contributed by atoms with van der Waals surface area (Å²) in [7, 11) is 0. The molecule has 0 aliphatic carbocycles. The van der Waals surface area contributed by atoms with Gasteiger partial charge < -0.3 is 10.1 Å². The number of ether oxygens (including phenoxy) is 1. The molecular formula is C19H17F2N3OS.